The highest BCUT2D eigenvalue weighted by molar-refractivity contribution is 5.67. The fourth-order valence-electron chi connectivity index (χ4n) is 1.20. The first-order valence-corrected chi connectivity index (χ1v) is 4.57. The summed E-state index contributed by atoms with van der Waals surface area (Å²) < 4.78 is 24.4. The maximum atomic E-state index is 12.2. The summed E-state index contributed by atoms with van der Waals surface area (Å²) in [6.45, 7) is 1.98. The summed E-state index contributed by atoms with van der Waals surface area (Å²) in [7, 11) is 0. The summed E-state index contributed by atoms with van der Waals surface area (Å²) in [5, 5.41) is 8.36. The minimum absolute atomic E-state index is 0.317. The quantitative estimate of drug-likeness (QED) is 0.632. The second-order valence-electron chi connectivity index (χ2n) is 3.19. The van der Waals surface area contributed by atoms with Crippen molar-refractivity contribution in [1.82, 2.24) is 0 Å². The smallest absolute Gasteiger partial charge is 0.303 e. The zero-order chi connectivity index (χ0) is 10.3. The van der Waals surface area contributed by atoms with E-state index >= 15 is 0 Å². The molecular weight excluding hydrogens is 178 g/mol. The molecule has 1 atom stereocenters. The Morgan fingerprint density at radius 2 is 2.00 bits per heavy atom. The highest BCUT2D eigenvalue weighted by atomic mass is 19.3. The summed E-state index contributed by atoms with van der Waals surface area (Å²) in [6.07, 6.45) is -0.0583. The van der Waals surface area contributed by atoms with Gasteiger partial charge in [-0.25, -0.2) is 8.78 Å². The van der Waals surface area contributed by atoms with Gasteiger partial charge >= 0.3 is 5.97 Å². The average Bonchev–Trinajstić information content (AvgIpc) is 2.02. The van der Waals surface area contributed by atoms with Gasteiger partial charge in [0.1, 0.15) is 0 Å². The SMILES string of the molecule is CCCCC[C@H](CC(=O)O)C(F)F. The van der Waals surface area contributed by atoms with Crippen LogP contribution in [0, 0.1) is 5.92 Å². The third-order valence-electron chi connectivity index (χ3n) is 1.97. The molecule has 0 heterocycles. The van der Waals surface area contributed by atoms with Gasteiger partial charge in [0.05, 0.1) is 6.42 Å². The Hall–Kier alpha value is -0.670. The molecule has 0 bridgehead atoms. The number of hydrogen-bond donors (Lipinski definition) is 1. The van der Waals surface area contributed by atoms with Gasteiger partial charge in [-0.15, -0.1) is 0 Å². The molecule has 13 heavy (non-hydrogen) atoms. The molecule has 0 aromatic rings. The molecule has 0 fully saturated rings. The van der Waals surface area contributed by atoms with Gasteiger partial charge in [-0.1, -0.05) is 26.2 Å². The fraction of sp³-hybridized carbons (Fsp3) is 0.889. The first kappa shape index (κ1) is 12.3. The summed E-state index contributed by atoms with van der Waals surface area (Å²) in [4.78, 5) is 10.2. The lowest BCUT2D eigenvalue weighted by Gasteiger charge is -2.12. The van der Waals surface area contributed by atoms with Gasteiger partial charge < -0.3 is 5.11 Å². The maximum Gasteiger partial charge on any atom is 0.303 e. The van der Waals surface area contributed by atoms with E-state index in [1.165, 1.54) is 0 Å². The number of carbonyl (C=O) groups is 1. The molecule has 0 aliphatic carbocycles. The van der Waals surface area contributed by atoms with Crippen molar-refractivity contribution in [3.63, 3.8) is 0 Å². The van der Waals surface area contributed by atoms with Crippen LogP contribution in [0.1, 0.15) is 39.0 Å². The number of halogens is 2. The molecule has 4 heteroatoms. The Balaban J connectivity index is 3.74. The van der Waals surface area contributed by atoms with Crippen molar-refractivity contribution in [2.45, 2.75) is 45.5 Å². The molecule has 0 spiro atoms. The highest BCUT2D eigenvalue weighted by Crippen LogP contribution is 2.21. The lowest BCUT2D eigenvalue weighted by Crippen LogP contribution is -2.15. The van der Waals surface area contributed by atoms with Crippen molar-refractivity contribution in [2.24, 2.45) is 5.92 Å². The van der Waals surface area contributed by atoms with Gasteiger partial charge in [0.15, 0.2) is 0 Å². The van der Waals surface area contributed by atoms with Crippen LogP contribution in [-0.2, 0) is 4.79 Å². The first-order valence-electron chi connectivity index (χ1n) is 4.57. The van der Waals surface area contributed by atoms with E-state index in [0.29, 0.717) is 12.8 Å². The zero-order valence-electron chi connectivity index (χ0n) is 7.80. The number of hydrogen-bond acceptors (Lipinski definition) is 1. The minimum Gasteiger partial charge on any atom is -0.481 e. The Morgan fingerprint density at radius 3 is 2.38 bits per heavy atom. The topological polar surface area (TPSA) is 37.3 Å². The Kier molecular flexibility index (Phi) is 6.45. The molecular formula is C9H16F2O2. The molecule has 0 radical (unpaired) electrons. The largest absolute Gasteiger partial charge is 0.481 e. The molecule has 0 amide bonds. The van der Waals surface area contributed by atoms with Gasteiger partial charge in [0.2, 0.25) is 6.43 Å². The number of alkyl halides is 2. The van der Waals surface area contributed by atoms with Crippen molar-refractivity contribution in [1.29, 1.82) is 0 Å². The van der Waals surface area contributed by atoms with Crippen molar-refractivity contribution in [3.05, 3.63) is 0 Å². The molecule has 0 rings (SSSR count). The van der Waals surface area contributed by atoms with Crippen molar-refractivity contribution >= 4 is 5.97 Å². The van der Waals surface area contributed by atoms with Crippen molar-refractivity contribution in [2.75, 3.05) is 0 Å². The third kappa shape index (κ3) is 6.49. The number of carboxylic acids is 1. The Labute approximate surface area is 76.9 Å². The highest BCUT2D eigenvalue weighted by Gasteiger charge is 2.22. The van der Waals surface area contributed by atoms with Crippen LogP contribution in [0.4, 0.5) is 8.78 Å². The predicted octanol–water partition coefficient (Wildman–Crippen LogP) is 2.92. The van der Waals surface area contributed by atoms with Gasteiger partial charge in [-0.3, -0.25) is 4.79 Å². The minimum atomic E-state index is -2.51. The molecule has 2 nitrogen and oxygen atoms in total. The molecule has 0 aliphatic rings. The van der Waals surface area contributed by atoms with Crippen LogP contribution >= 0.6 is 0 Å². The van der Waals surface area contributed by atoms with Crippen molar-refractivity contribution in [3.8, 4) is 0 Å². The van der Waals surface area contributed by atoms with E-state index in [9.17, 15) is 13.6 Å². The van der Waals surface area contributed by atoms with E-state index in [0.717, 1.165) is 12.8 Å². The molecule has 0 aromatic carbocycles. The van der Waals surface area contributed by atoms with Gasteiger partial charge in [0.25, 0.3) is 0 Å². The van der Waals surface area contributed by atoms with Crippen LogP contribution in [0.15, 0.2) is 0 Å². The average molecular weight is 194 g/mol. The van der Waals surface area contributed by atoms with E-state index in [4.69, 9.17) is 5.11 Å². The van der Waals surface area contributed by atoms with Crippen LogP contribution in [0.2, 0.25) is 0 Å². The van der Waals surface area contributed by atoms with E-state index < -0.39 is 24.7 Å². The standard InChI is InChI=1S/C9H16F2O2/c1-2-3-4-5-7(9(10)11)6-8(12)13/h7,9H,2-6H2,1H3,(H,12,13)/t7-/m1/s1. The van der Waals surface area contributed by atoms with E-state index in [-0.39, 0.29) is 0 Å². The summed E-state index contributed by atoms with van der Waals surface area (Å²) in [5.41, 5.74) is 0. The molecule has 0 unspecified atom stereocenters. The van der Waals surface area contributed by atoms with Gasteiger partial charge in [-0.2, -0.15) is 0 Å². The monoisotopic (exact) mass is 194 g/mol. The summed E-state index contributed by atoms with van der Waals surface area (Å²) >= 11 is 0. The molecule has 78 valence electrons. The Morgan fingerprint density at radius 1 is 1.38 bits per heavy atom. The first-order chi connectivity index (χ1) is 6.07. The molecule has 0 aliphatic heterocycles. The van der Waals surface area contributed by atoms with E-state index in [2.05, 4.69) is 0 Å². The van der Waals surface area contributed by atoms with Crippen LogP contribution in [0.3, 0.4) is 0 Å². The summed E-state index contributed by atoms with van der Waals surface area (Å²) in [6, 6.07) is 0. The second-order valence-corrected chi connectivity index (χ2v) is 3.19. The van der Waals surface area contributed by atoms with E-state index in [1.807, 2.05) is 6.92 Å². The second kappa shape index (κ2) is 6.80. The number of rotatable bonds is 7. The molecule has 0 aromatic heterocycles. The van der Waals surface area contributed by atoms with Crippen LogP contribution in [0.5, 0.6) is 0 Å². The van der Waals surface area contributed by atoms with E-state index in [1.54, 1.807) is 0 Å². The van der Waals surface area contributed by atoms with Crippen LogP contribution in [0.25, 0.3) is 0 Å². The van der Waals surface area contributed by atoms with Crippen LogP contribution < -0.4 is 0 Å². The maximum absolute atomic E-state index is 12.2. The Bertz CT molecular complexity index is 149. The fourth-order valence-corrected chi connectivity index (χ4v) is 1.20. The number of aliphatic carboxylic acids is 1. The predicted molar refractivity (Wildman–Crippen MR) is 45.9 cm³/mol. The molecule has 1 N–H and O–H groups in total. The number of carboxylic acid groups (broad SMARTS) is 1. The zero-order valence-corrected chi connectivity index (χ0v) is 7.80. The summed E-state index contributed by atoms with van der Waals surface area (Å²) in [5.74, 6) is -2.11. The molecule has 0 saturated carbocycles. The number of unbranched alkanes of at least 4 members (excludes halogenated alkanes) is 2. The lowest BCUT2D eigenvalue weighted by molar-refractivity contribution is -0.139. The van der Waals surface area contributed by atoms with Crippen molar-refractivity contribution < 1.29 is 18.7 Å². The normalized spacial score (nSPS) is 13.2. The third-order valence-corrected chi connectivity index (χ3v) is 1.97. The van der Waals surface area contributed by atoms with Gasteiger partial charge in [0, 0.05) is 5.92 Å². The lowest BCUT2D eigenvalue weighted by atomic mass is 9.98. The molecule has 0 saturated heterocycles. The van der Waals surface area contributed by atoms with Crippen LogP contribution in [-0.4, -0.2) is 17.5 Å². The van der Waals surface area contributed by atoms with Gasteiger partial charge in [-0.05, 0) is 6.42 Å².